The normalized spacial score (nSPS) is 20.3. The molecule has 3 aliphatic rings. The van der Waals surface area contributed by atoms with Crippen molar-refractivity contribution in [1.82, 2.24) is 9.80 Å². The van der Waals surface area contributed by atoms with Crippen molar-refractivity contribution in [3.8, 4) is 11.5 Å². The highest BCUT2D eigenvalue weighted by Gasteiger charge is 2.24. The standard InChI is InChI=1S/C22H31N3O5/c1-16(26)18-12-20-21(30-15-29-20)13-19(18)23-22(27)14-25-6-3-17(4-7-25)2-5-24-8-10-28-11-9-24/h12-13,17H,2-11,14-15H2,1H3,(H,23,27). The Kier molecular flexibility index (Phi) is 6.86. The van der Waals surface area contributed by atoms with Gasteiger partial charge in [-0.15, -0.1) is 0 Å². The fraction of sp³-hybridized carbons (Fsp3) is 0.636. The zero-order valence-electron chi connectivity index (χ0n) is 17.7. The van der Waals surface area contributed by atoms with E-state index in [-0.39, 0.29) is 18.5 Å². The molecule has 8 heteroatoms. The number of carbonyl (C=O) groups is 2. The molecule has 0 radical (unpaired) electrons. The molecule has 0 atom stereocenters. The molecule has 0 spiro atoms. The van der Waals surface area contributed by atoms with Crippen molar-refractivity contribution in [2.24, 2.45) is 5.92 Å². The number of ketones is 1. The summed E-state index contributed by atoms with van der Waals surface area (Å²) in [5.74, 6) is 1.59. The molecule has 0 aromatic heterocycles. The molecular formula is C22H31N3O5. The second kappa shape index (κ2) is 9.76. The van der Waals surface area contributed by atoms with E-state index in [0.717, 1.165) is 64.7 Å². The van der Waals surface area contributed by atoms with Gasteiger partial charge in [-0.3, -0.25) is 19.4 Å². The topological polar surface area (TPSA) is 80.3 Å². The molecular weight excluding hydrogens is 386 g/mol. The van der Waals surface area contributed by atoms with Gasteiger partial charge in [0.2, 0.25) is 12.7 Å². The van der Waals surface area contributed by atoms with Crippen LogP contribution in [0.2, 0.25) is 0 Å². The van der Waals surface area contributed by atoms with Crippen LogP contribution in [0.25, 0.3) is 0 Å². The Balaban J connectivity index is 1.24. The molecule has 0 saturated carbocycles. The van der Waals surface area contributed by atoms with Gasteiger partial charge in [-0.2, -0.15) is 0 Å². The van der Waals surface area contributed by atoms with Crippen molar-refractivity contribution in [2.45, 2.75) is 26.2 Å². The number of Topliss-reactive ketones (excluding diaryl/α,β-unsaturated/α-hetero) is 1. The second-order valence-electron chi connectivity index (χ2n) is 8.32. The largest absolute Gasteiger partial charge is 0.454 e. The number of benzene rings is 1. The zero-order valence-corrected chi connectivity index (χ0v) is 17.7. The lowest BCUT2D eigenvalue weighted by Crippen LogP contribution is -2.41. The van der Waals surface area contributed by atoms with E-state index in [4.69, 9.17) is 14.2 Å². The molecule has 0 unspecified atom stereocenters. The van der Waals surface area contributed by atoms with Gasteiger partial charge >= 0.3 is 0 Å². The quantitative estimate of drug-likeness (QED) is 0.680. The maximum Gasteiger partial charge on any atom is 0.238 e. The first kappa shape index (κ1) is 21.1. The summed E-state index contributed by atoms with van der Waals surface area (Å²) in [6, 6.07) is 3.31. The van der Waals surface area contributed by atoms with Gasteiger partial charge < -0.3 is 19.5 Å². The third-order valence-electron chi connectivity index (χ3n) is 6.20. The number of ether oxygens (including phenoxy) is 3. The first-order valence-electron chi connectivity index (χ1n) is 10.9. The van der Waals surface area contributed by atoms with E-state index in [1.54, 1.807) is 12.1 Å². The van der Waals surface area contributed by atoms with Crippen molar-refractivity contribution in [3.05, 3.63) is 17.7 Å². The molecule has 1 amide bonds. The summed E-state index contributed by atoms with van der Waals surface area (Å²) < 4.78 is 16.1. The molecule has 3 heterocycles. The van der Waals surface area contributed by atoms with Crippen molar-refractivity contribution >= 4 is 17.4 Å². The van der Waals surface area contributed by atoms with E-state index in [9.17, 15) is 9.59 Å². The van der Waals surface area contributed by atoms with Gasteiger partial charge in [-0.05, 0) is 57.8 Å². The number of likely N-dealkylation sites (tertiary alicyclic amines) is 1. The van der Waals surface area contributed by atoms with Crippen LogP contribution in [-0.2, 0) is 9.53 Å². The molecule has 1 N–H and O–H groups in total. The van der Waals surface area contributed by atoms with Crippen LogP contribution in [0.15, 0.2) is 12.1 Å². The lowest BCUT2D eigenvalue weighted by atomic mass is 9.93. The van der Waals surface area contributed by atoms with Crippen LogP contribution in [0, 0.1) is 5.92 Å². The number of anilines is 1. The number of carbonyl (C=O) groups excluding carboxylic acids is 2. The molecule has 30 heavy (non-hydrogen) atoms. The number of fused-ring (bicyclic) bond motifs is 1. The van der Waals surface area contributed by atoms with Crippen molar-refractivity contribution < 1.29 is 23.8 Å². The van der Waals surface area contributed by atoms with Gasteiger partial charge in [-0.25, -0.2) is 0 Å². The van der Waals surface area contributed by atoms with Crippen LogP contribution in [0.4, 0.5) is 5.69 Å². The van der Waals surface area contributed by atoms with Crippen LogP contribution in [0.5, 0.6) is 11.5 Å². The van der Waals surface area contributed by atoms with Crippen LogP contribution in [-0.4, -0.2) is 80.8 Å². The molecule has 0 bridgehead atoms. The number of amides is 1. The SMILES string of the molecule is CC(=O)c1cc2c(cc1NC(=O)CN1CCC(CCN3CCOCC3)CC1)OCO2. The van der Waals surface area contributed by atoms with Crippen molar-refractivity contribution in [3.63, 3.8) is 0 Å². The van der Waals surface area contributed by atoms with E-state index in [0.29, 0.717) is 29.3 Å². The highest BCUT2D eigenvalue weighted by Crippen LogP contribution is 2.37. The lowest BCUT2D eigenvalue weighted by molar-refractivity contribution is -0.117. The summed E-state index contributed by atoms with van der Waals surface area (Å²) in [5.41, 5.74) is 0.923. The van der Waals surface area contributed by atoms with Crippen molar-refractivity contribution in [1.29, 1.82) is 0 Å². The summed E-state index contributed by atoms with van der Waals surface area (Å²) >= 11 is 0. The third kappa shape index (κ3) is 5.30. The number of piperidine rings is 1. The summed E-state index contributed by atoms with van der Waals surface area (Å²) in [6.07, 6.45) is 3.47. The highest BCUT2D eigenvalue weighted by atomic mass is 16.7. The number of rotatable bonds is 7. The molecule has 1 aromatic carbocycles. The lowest BCUT2D eigenvalue weighted by Gasteiger charge is -2.33. The van der Waals surface area contributed by atoms with E-state index in [1.807, 2.05) is 0 Å². The van der Waals surface area contributed by atoms with Gasteiger partial charge in [0.15, 0.2) is 17.3 Å². The monoisotopic (exact) mass is 417 g/mol. The Morgan fingerprint density at radius 3 is 2.43 bits per heavy atom. The smallest absolute Gasteiger partial charge is 0.238 e. The number of nitrogens with one attached hydrogen (secondary N) is 1. The minimum atomic E-state index is -0.121. The van der Waals surface area contributed by atoms with E-state index in [2.05, 4.69) is 15.1 Å². The predicted octanol–water partition coefficient (Wildman–Crippen LogP) is 1.99. The Labute approximate surface area is 177 Å². The van der Waals surface area contributed by atoms with E-state index in [1.165, 1.54) is 13.3 Å². The van der Waals surface area contributed by atoms with Crippen LogP contribution in [0.3, 0.4) is 0 Å². The number of nitrogens with zero attached hydrogens (tertiary/aromatic N) is 2. The fourth-order valence-corrected chi connectivity index (χ4v) is 4.35. The van der Waals surface area contributed by atoms with Crippen molar-refractivity contribution in [2.75, 3.05) is 64.6 Å². The maximum absolute atomic E-state index is 12.6. The summed E-state index contributed by atoms with van der Waals surface area (Å²) in [7, 11) is 0. The van der Waals surface area contributed by atoms with Gasteiger partial charge in [0, 0.05) is 24.7 Å². The molecule has 2 saturated heterocycles. The summed E-state index contributed by atoms with van der Waals surface area (Å²) in [4.78, 5) is 29.3. The summed E-state index contributed by atoms with van der Waals surface area (Å²) in [6.45, 7) is 8.74. The average molecular weight is 418 g/mol. The highest BCUT2D eigenvalue weighted by molar-refractivity contribution is 6.05. The van der Waals surface area contributed by atoms with E-state index >= 15 is 0 Å². The van der Waals surface area contributed by atoms with Gasteiger partial charge in [0.1, 0.15) is 0 Å². The number of morpholine rings is 1. The van der Waals surface area contributed by atoms with Crippen LogP contribution < -0.4 is 14.8 Å². The first-order valence-corrected chi connectivity index (χ1v) is 10.9. The first-order chi connectivity index (χ1) is 14.6. The predicted molar refractivity (Wildman–Crippen MR) is 112 cm³/mol. The maximum atomic E-state index is 12.6. The fourth-order valence-electron chi connectivity index (χ4n) is 4.35. The molecule has 8 nitrogen and oxygen atoms in total. The molecule has 4 rings (SSSR count). The Morgan fingerprint density at radius 1 is 1.03 bits per heavy atom. The Bertz CT molecular complexity index is 770. The number of hydrogen-bond acceptors (Lipinski definition) is 7. The van der Waals surface area contributed by atoms with Crippen LogP contribution >= 0.6 is 0 Å². The summed E-state index contributed by atoms with van der Waals surface area (Å²) in [5, 5.41) is 2.89. The second-order valence-corrected chi connectivity index (χ2v) is 8.32. The molecule has 1 aromatic rings. The molecule has 2 fully saturated rings. The van der Waals surface area contributed by atoms with E-state index < -0.39 is 0 Å². The molecule has 0 aliphatic carbocycles. The van der Waals surface area contributed by atoms with Gasteiger partial charge in [0.05, 0.1) is 25.4 Å². The van der Waals surface area contributed by atoms with Gasteiger partial charge in [0.25, 0.3) is 0 Å². The van der Waals surface area contributed by atoms with Crippen LogP contribution in [0.1, 0.15) is 36.5 Å². The zero-order chi connectivity index (χ0) is 20.9. The molecule has 3 aliphatic heterocycles. The Morgan fingerprint density at radius 2 is 1.73 bits per heavy atom. The number of hydrogen-bond donors (Lipinski definition) is 1. The molecule has 164 valence electrons. The minimum absolute atomic E-state index is 0.108. The minimum Gasteiger partial charge on any atom is -0.454 e. The third-order valence-corrected chi connectivity index (χ3v) is 6.20. The van der Waals surface area contributed by atoms with Gasteiger partial charge in [-0.1, -0.05) is 0 Å². The Hall–Kier alpha value is -2.16. The average Bonchev–Trinajstić information content (AvgIpc) is 3.21.